The highest BCUT2D eigenvalue weighted by Crippen LogP contribution is 2.30. The topological polar surface area (TPSA) is 30.5 Å². The molecule has 2 aromatic rings. The number of nitrogens with one attached hydrogen (secondary N) is 1. The van der Waals surface area contributed by atoms with Gasteiger partial charge in [-0.15, -0.1) is 0 Å². The van der Waals surface area contributed by atoms with Gasteiger partial charge in [-0.05, 0) is 54.9 Å². The van der Waals surface area contributed by atoms with Gasteiger partial charge in [0.2, 0.25) is 0 Å². The molecule has 112 valence electrons. The molecular formula is C17H20FNO2. The van der Waals surface area contributed by atoms with Gasteiger partial charge in [0.25, 0.3) is 0 Å². The van der Waals surface area contributed by atoms with Gasteiger partial charge in [-0.1, -0.05) is 6.07 Å². The van der Waals surface area contributed by atoms with Crippen LogP contribution in [0.5, 0.6) is 11.5 Å². The van der Waals surface area contributed by atoms with Gasteiger partial charge >= 0.3 is 0 Å². The van der Waals surface area contributed by atoms with Crippen LogP contribution in [-0.4, -0.2) is 21.3 Å². The van der Waals surface area contributed by atoms with Crippen molar-refractivity contribution in [3.8, 4) is 11.5 Å². The molecule has 0 amide bonds. The molecule has 2 aromatic carbocycles. The number of benzene rings is 2. The number of aryl methyl sites for hydroxylation is 1. The summed E-state index contributed by atoms with van der Waals surface area (Å²) in [5.41, 5.74) is 2.71. The maximum atomic E-state index is 13.7. The predicted octanol–water partition coefficient (Wildman–Crippen LogP) is 3.46. The standard InChI is InChI=1S/C17H20FNO2/c1-11-5-12(7-14(18)6-11)17(19-2)13-8-15(20-3)10-16(9-13)21-4/h5-10,17,19H,1-4H3. The highest BCUT2D eigenvalue weighted by atomic mass is 19.1. The van der Waals surface area contributed by atoms with Crippen molar-refractivity contribution in [2.24, 2.45) is 0 Å². The van der Waals surface area contributed by atoms with Crippen LogP contribution in [0, 0.1) is 12.7 Å². The Morgan fingerprint density at radius 2 is 1.48 bits per heavy atom. The van der Waals surface area contributed by atoms with E-state index < -0.39 is 0 Å². The molecule has 0 aromatic heterocycles. The number of hydrogen-bond donors (Lipinski definition) is 1. The van der Waals surface area contributed by atoms with Crippen LogP contribution in [0.4, 0.5) is 4.39 Å². The Bertz CT molecular complexity index is 586. The van der Waals surface area contributed by atoms with Crippen LogP contribution in [0.1, 0.15) is 22.7 Å². The molecule has 1 unspecified atom stereocenters. The fourth-order valence-electron chi connectivity index (χ4n) is 2.45. The van der Waals surface area contributed by atoms with Crippen LogP contribution in [0.2, 0.25) is 0 Å². The molecule has 21 heavy (non-hydrogen) atoms. The minimum atomic E-state index is -0.236. The smallest absolute Gasteiger partial charge is 0.123 e. The molecule has 0 heterocycles. The highest BCUT2D eigenvalue weighted by molar-refractivity contribution is 5.43. The predicted molar refractivity (Wildman–Crippen MR) is 81.6 cm³/mol. The maximum Gasteiger partial charge on any atom is 0.123 e. The number of ether oxygens (including phenoxy) is 2. The van der Waals surface area contributed by atoms with Gasteiger partial charge in [-0.3, -0.25) is 0 Å². The van der Waals surface area contributed by atoms with E-state index in [1.54, 1.807) is 20.3 Å². The quantitative estimate of drug-likeness (QED) is 0.914. The third kappa shape index (κ3) is 3.52. The van der Waals surface area contributed by atoms with Crippen LogP contribution >= 0.6 is 0 Å². The van der Waals surface area contributed by atoms with Crippen molar-refractivity contribution < 1.29 is 13.9 Å². The van der Waals surface area contributed by atoms with E-state index in [1.165, 1.54) is 6.07 Å². The molecular weight excluding hydrogens is 269 g/mol. The summed E-state index contributed by atoms with van der Waals surface area (Å²) in [6, 6.07) is 10.5. The molecule has 1 N–H and O–H groups in total. The van der Waals surface area contributed by atoms with Crippen molar-refractivity contribution in [2.45, 2.75) is 13.0 Å². The molecule has 0 aliphatic rings. The maximum absolute atomic E-state index is 13.7. The minimum absolute atomic E-state index is 0.136. The molecule has 0 saturated carbocycles. The van der Waals surface area contributed by atoms with Crippen molar-refractivity contribution in [1.29, 1.82) is 0 Å². The Labute approximate surface area is 124 Å². The third-order valence-corrected chi connectivity index (χ3v) is 3.39. The lowest BCUT2D eigenvalue weighted by molar-refractivity contribution is 0.392. The lowest BCUT2D eigenvalue weighted by atomic mass is 9.97. The van der Waals surface area contributed by atoms with Crippen molar-refractivity contribution in [1.82, 2.24) is 5.32 Å². The van der Waals surface area contributed by atoms with Gasteiger partial charge in [-0.25, -0.2) is 4.39 Å². The molecule has 1 atom stereocenters. The summed E-state index contributed by atoms with van der Waals surface area (Å²) >= 11 is 0. The Morgan fingerprint density at radius 3 is 1.95 bits per heavy atom. The van der Waals surface area contributed by atoms with E-state index in [1.807, 2.05) is 38.2 Å². The van der Waals surface area contributed by atoms with Crippen LogP contribution in [-0.2, 0) is 0 Å². The van der Waals surface area contributed by atoms with Gasteiger partial charge in [0.15, 0.2) is 0 Å². The Balaban J connectivity index is 2.49. The lowest BCUT2D eigenvalue weighted by Gasteiger charge is -2.19. The lowest BCUT2D eigenvalue weighted by Crippen LogP contribution is -2.18. The van der Waals surface area contributed by atoms with Crippen molar-refractivity contribution in [3.05, 3.63) is 58.9 Å². The Hall–Kier alpha value is -2.07. The van der Waals surface area contributed by atoms with Gasteiger partial charge in [0, 0.05) is 6.07 Å². The summed E-state index contributed by atoms with van der Waals surface area (Å²) in [6.45, 7) is 1.88. The molecule has 0 fully saturated rings. The first-order chi connectivity index (χ1) is 10.1. The summed E-state index contributed by atoms with van der Waals surface area (Å²) in [7, 11) is 5.06. The second-order valence-corrected chi connectivity index (χ2v) is 4.93. The van der Waals surface area contributed by atoms with Crippen LogP contribution < -0.4 is 14.8 Å². The molecule has 0 aliphatic heterocycles. The number of rotatable bonds is 5. The largest absolute Gasteiger partial charge is 0.497 e. The van der Waals surface area contributed by atoms with E-state index in [0.29, 0.717) is 11.5 Å². The molecule has 0 spiro atoms. The van der Waals surface area contributed by atoms with E-state index in [9.17, 15) is 4.39 Å². The zero-order valence-corrected chi connectivity index (χ0v) is 12.7. The van der Waals surface area contributed by atoms with Gasteiger partial charge in [0.1, 0.15) is 17.3 Å². The van der Waals surface area contributed by atoms with Crippen molar-refractivity contribution >= 4 is 0 Å². The van der Waals surface area contributed by atoms with Crippen molar-refractivity contribution in [2.75, 3.05) is 21.3 Å². The highest BCUT2D eigenvalue weighted by Gasteiger charge is 2.15. The van der Waals surface area contributed by atoms with E-state index in [2.05, 4.69) is 5.32 Å². The zero-order chi connectivity index (χ0) is 15.4. The zero-order valence-electron chi connectivity index (χ0n) is 12.7. The van der Waals surface area contributed by atoms with E-state index in [-0.39, 0.29) is 11.9 Å². The molecule has 2 rings (SSSR count). The fraction of sp³-hybridized carbons (Fsp3) is 0.294. The molecule has 0 bridgehead atoms. The van der Waals surface area contributed by atoms with Crippen LogP contribution in [0.3, 0.4) is 0 Å². The number of methoxy groups -OCH3 is 2. The monoisotopic (exact) mass is 289 g/mol. The number of halogens is 1. The summed E-state index contributed by atoms with van der Waals surface area (Å²) in [5, 5.41) is 3.21. The second kappa shape index (κ2) is 6.59. The van der Waals surface area contributed by atoms with E-state index in [4.69, 9.17) is 9.47 Å². The van der Waals surface area contributed by atoms with E-state index >= 15 is 0 Å². The second-order valence-electron chi connectivity index (χ2n) is 4.93. The minimum Gasteiger partial charge on any atom is -0.497 e. The van der Waals surface area contributed by atoms with E-state index in [0.717, 1.165) is 16.7 Å². The summed E-state index contributed by atoms with van der Waals surface area (Å²) < 4.78 is 24.2. The SMILES string of the molecule is CNC(c1cc(C)cc(F)c1)c1cc(OC)cc(OC)c1. The molecule has 4 heteroatoms. The summed E-state index contributed by atoms with van der Waals surface area (Å²) in [5.74, 6) is 1.18. The van der Waals surface area contributed by atoms with Crippen LogP contribution in [0.15, 0.2) is 36.4 Å². The van der Waals surface area contributed by atoms with Gasteiger partial charge < -0.3 is 14.8 Å². The van der Waals surface area contributed by atoms with Gasteiger partial charge in [-0.2, -0.15) is 0 Å². The van der Waals surface area contributed by atoms with Crippen molar-refractivity contribution in [3.63, 3.8) is 0 Å². The molecule has 3 nitrogen and oxygen atoms in total. The average Bonchev–Trinajstić information content (AvgIpc) is 2.46. The van der Waals surface area contributed by atoms with Crippen LogP contribution in [0.25, 0.3) is 0 Å². The molecule has 0 aliphatic carbocycles. The Morgan fingerprint density at radius 1 is 0.905 bits per heavy atom. The average molecular weight is 289 g/mol. The summed E-state index contributed by atoms with van der Waals surface area (Å²) in [4.78, 5) is 0. The first-order valence-electron chi connectivity index (χ1n) is 6.74. The molecule has 0 radical (unpaired) electrons. The first-order valence-corrected chi connectivity index (χ1v) is 6.74. The third-order valence-electron chi connectivity index (χ3n) is 3.39. The first kappa shape index (κ1) is 15.3. The Kier molecular flexibility index (Phi) is 4.81. The molecule has 0 saturated heterocycles. The fourth-order valence-corrected chi connectivity index (χ4v) is 2.45. The number of hydrogen-bond acceptors (Lipinski definition) is 3. The van der Waals surface area contributed by atoms with Gasteiger partial charge in [0.05, 0.1) is 20.3 Å². The normalized spacial score (nSPS) is 12.0. The summed E-state index contributed by atoms with van der Waals surface area (Å²) in [6.07, 6.45) is 0.